The minimum Gasteiger partial charge on any atom is -0.399 e. The minimum absolute atomic E-state index is 0.128. The number of nitrogen functional groups attached to an aromatic ring is 1. The molecule has 0 aliphatic rings. The van der Waals surface area contributed by atoms with Crippen LogP contribution in [0.5, 0.6) is 0 Å². The zero-order chi connectivity index (χ0) is 14.7. The Labute approximate surface area is 122 Å². The van der Waals surface area contributed by atoms with Crippen molar-refractivity contribution < 1.29 is 0 Å². The SMILES string of the molecule is CC(C)Cn1ncc(Nc2cccc(N)c2)c(Cl)c1=O. The highest BCUT2D eigenvalue weighted by Gasteiger charge is 2.10. The standard InChI is InChI=1S/C14H17ClN4O/c1-9(2)8-19-14(20)13(15)12(7-17-19)18-11-5-3-4-10(16)6-11/h3-7,9,18H,8,16H2,1-2H3. The molecule has 0 saturated carbocycles. The number of hydrogen-bond donors (Lipinski definition) is 2. The number of nitrogens with zero attached hydrogens (tertiary/aromatic N) is 2. The predicted molar refractivity (Wildman–Crippen MR) is 82.5 cm³/mol. The summed E-state index contributed by atoms with van der Waals surface area (Å²) in [5, 5.41) is 7.30. The van der Waals surface area contributed by atoms with Gasteiger partial charge in [-0.1, -0.05) is 31.5 Å². The second kappa shape index (κ2) is 5.96. The van der Waals surface area contributed by atoms with Gasteiger partial charge in [-0.3, -0.25) is 4.79 Å². The zero-order valence-corrected chi connectivity index (χ0v) is 12.2. The monoisotopic (exact) mass is 292 g/mol. The summed E-state index contributed by atoms with van der Waals surface area (Å²) in [5.41, 5.74) is 7.27. The van der Waals surface area contributed by atoms with Crippen molar-refractivity contribution in [1.82, 2.24) is 9.78 Å². The summed E-state index contributed by atoms with van der Waals surface area (Å²) in [5.74, 6) is 0.323. The van der Waals surface area contributed by atoms with Gasteiger partial charge in [-0.05, 0) is 24.1 Å². The highest BCUT2D eigenvalue weighted by Crippen LogP contribution is 2.22. The summed E-state index contributed by atoms with van der Waals surface area (Å²) >= 11 is 6.10. The molecule has 106 valence electrons. The Bertz CT molecular complexity index is 666. The van der Waals surface area contributed by atoms with E-state index in [1.54, 1.807) is 18.3 Å². The lowest BCUT2D eigenvalue weighted by Gasteiger charge is -2.11. The first kappa shape index (κ1) is 14.4. The molecule has 3 N–H and O–H groups in total. The summed E-state index contributed by atoms with van der Waals surface area (Å²) in [6, 6.07) is 7.20. The summed E-state index contributed by atoms with van der Waals surface area (Å²) in [6.07, 6.45) is 1.55. The number of aromatic nitrogens is 2. The third-order valence-corrected chi connectivity index (χ3v) is 3.05. The smallest absolute Gasteiger partial charge is 0.287 e. The van der Waals surface area contributed by atoms with E-state index in [1.165, 1.54) is 4.68 Å². The number of rotatable bonds is 4. The summed E-state index contributed by atoms with van der Waals surface area (Å²) in [4.78, 5) is 12.1. The van der Waals surface area contributed by atoms with E-state index < -0.39 is 0 Å². The predicted octanol–water partition coefficient (Wildman–Crippen LogP) is 2.88. The third-order valence-electron chi connectivity index (χ3n) is 2.69. The van der Waals surface area contributed by atoms with Crippen molar-refractivity contribution in [1.29, 1.82) is 0 Å². The molecule has 2 rings (SSSR count). The second-order valence-corrected chi connectivity index (χ2v) is 5.38. The van der Waals surface area contributed by atoms with Gasteiger partial charge in [0.25, 0.3) is 5.56 Å². The highest BCUT2D eigenvalue weighted by molar-refractivity contribution is 6.33. The molecule has 0 saturated heterocycles. The number of nitrogens with one attached hydrogen (secondary N) is 1. The van der Waals surface area contributed by atoms with Crippen LogP contribution in [0.15, 0.2) is 35.3 Å². The van der Waals surface area contributed by atoms with Gasteiger partial charge in [0.2, 0.25) is 0 Å². The van der Waals surface area contributed by atoms with E-state index in [2.05, 4.69) is 10.4 Å². The maximum Gasteiger partial charge on any atom is 0.287 e. The van der Waals surface area contributed by atoms with E-state index in [-0.39, 0.29) is 10.6 Å². The van der Waals surface area contributed by atoms with E-state index in [0.29, 0.717) is 23.8 Å². The molecule has 1 aromatic heterocycles. The first-order valence-corrected chi connectivity index (χ1v) is 6.73. The molecular formula is C14H17ClN4O. The fourth-order valence-electron chi connectivity index (χ4n) is 1.80. The Hall–Kier alpha value is -2.01. The van der Waals surface area contributed by atoms with Crippen LogP contribution in [0.3, 0.4) is 0 Å². The molecule has 0 aliphatic heterocycles. The highest BCUT2D eigenvalue weighted by atomic mass is 35.5. The van der Waals surface area contributed by atoms with E-state index in [4.69, 9.17) is 17.3 Å². The maximum atomic E-state index is 12.1. The van der Waals surface area contributed by atoms with Crippen LogP contribution in [0.2, 0.25) is 5.02 Å². The molecule has 0 spiro atoms. The Morgan fingerprint density at radius 2 is 2.20 bits per heavy atom. The van der Waals surface area contributed by atoms with Gasteiger partial charge in [-0.2, -0.15) is 5.10 Å². The fraction of sp³-hybridized carbons (Fsp3) is 0.286. The molecule has 2 aromatic rings. The largest absolute Gasteiger partial charge is 0.399 e. The molecule has 0 bridgehead atoms. The van der Waals surface area contributed by atoms with Crippen LogP contribution in [0, 0.1) is 5.92 Å². The zero-order valence-electron chi connectivity index (χ0n) is 11.4. The Morgan fingerprint density at radius 3 is 2.85 bits per heavy atom. The molecule has 0 radical (unpaired) electrons. The van der Waals surface area contributed by atoms with Crippen LogP contribution in [0.25, 0.3) is 0 Å². The minimum atomic E-state index is -0.297. The molecule has 1 aromatic carbocycles. The lowest BCUT2D eigenvalue weighted by Crippen LogP contribution is -2.25. The van der Waals surface area contributed by atoms with Crippen LogP contribution < -0.4 is 16.6 Å². The molecule has 0 amide bonds. The van der Waals surface area contributed by atoms with Crippen molar-refractivity contribution in [3.05, 3.63) is 45.8 Å². The van der Waals surface area contributed by atoms with Crippen molar-refractivity contribution in [3.63, 3.8) is 0 Å². The average Bonchev–Trinajstić information content (AvgIpc) is 2.38. The summed E-state index contributed by atoms with van der Waals surface area (Å²) in [6.45, 7) is 4.57. The lowest BCUT2D eigenvalue weighted by molar-refractivity contribution is 0.464. The summed E-state index contributed by atoms with van der Waals surface area (Å²) in [7, 11) is 0. The van der Waals surface area contributed by atoms with Gasteiger partial charge in [0.15, 0.2) is 0 Å². The van der Waals surface area contributed by atoms with Gasteiger partial charge in [-0.25, -0.2) is 4.68 Å². The third kappa shape index (κ3) is 3.30. The van der Waals surface area contributed by atoms with Gasteiger partial charge < -0.3 is 11.1 Å². The Morgan fingerprint density at radius 1 is 1.45 bits per heavy atom. The van der Waals surface area contributed by atoms with Crippen LogP contribution in [-0.4, -0.2) is 9.78 Å². The van der Waals surface area contributed by atoms with Gasteiger partial charge in [0.05, 0.1) is 11.9 Å². The molecule has 0 unspecified atom stereocenters. The van der Waals surface area contributed by atoms with Crippen LogP contribution >= 0.6 is 11.6 Å². The van der Waals surface area contributed by atoms with Gasteiger partial charge in [0.1, 0.15) is 5.02 Å². The van der Waals surface area contributed by atoms with Gasteiger partial charge in [-0.15, -0.1) is 0 Å². The van der Waals surface area contributed by atoms with E-state index in [1.807, 2.05) is 26.0 Å². The molecule has 1 heterocycles. The van der Waals surface area contributed by atoms with E-state index in [0.717, 1.165) is 5.69 Å². The average molecular weight is 293 g/mol. The molecule has 20 heavy (non-hydrogen) atoms. The van der Waals surface area contributed by atoms with Crippen LogP contribution in [0.4, 0.5) is 17.1 Å². The van der Waals surface area contributed by atoms with E-state index in [9.17, 15) is 4.79 Å². The molecular weight excluding hydrogens is 276 g/mol. The maximum absolute atomic E-state index is 12.1. The number of hydrogen-bond acceptors (Lipinski definition) is 4. The van der Waals surface area contributed by atoms with Crippen molar-refractivity contribution in [2.24, 2.45) is 5.92 Å². The van der Waals surface area contributed by atoms with Crippen LogP contribution in [-0.2, 0) is 6.54 Å². The number of anilines is 3. The lowest BCUT2D eigenvalue weighted by atomic mass is 10.2. The Balaban J connectivity index is 2.30. The molecule has 0 aliphatic carbocycles. The van der Waals surface area contributed by atoms with E-state index >= 15 is 0 Å². The number of benzene rings is 1. The van der Waals surface area contributed by atoms with Crippen molar-refractivity contribution in [3.8, 4) is 0 Å². The summed E-state index contributed by atoms with van der Waals surface area (Å²) < 4.78 is 1.37. The number of nitrogens with two attached hydrogens (primary N) is 1. The fourth-order valence-corrected chi connectivity index (χ4v) is 1.99. The normalized spacial score (nSPS) is 10.8. The first-order valence-electron chi connectivity index (χ1n) is 6.35. The molecule has 5 nitrogen and oxygen atoms in total. The molecule has 0 atom stereocenters. The molecule has 6 heteroatoms. The van der Waals surface area contributed by atoms with Crippen molar-refractivity contribution >= 4 is 28.7 Å². The Kier molecular flexibility index (Phi) is 4.29. The topological polar surface area (TPSA) is 72.9 Å². The van der Waals surface area contributed by atoms with Crippen molar-refractivity contribution in [2.45, 2.75) is 20.4 Å². The molecule has 0 fully saturated rings. The van der Waals surface area contributed by atoms with Crippen molar-refractivity contribution in [2.75, 3.05) is 11.1 Å². The number of halogens is 1. The second-order valence-electron chi connectivity index (χ2n) is 5.00. The van der Waals surface area contributed by atoms with Gasteiger partial charge in [0, 0.05) is 17.9 Å². The quantitative estimate of drug-likeness (QED) is 0.850. The van der Waals surface area contributed by atoms with Gasteiger partial charge >= 0.3 is 0 Å². The first-order chi connectivity index (χ1) is 9.47. The van der Waals surface area contributed by atoms with Crippen LogP contribution in [0.1, 0.15) is 13.8 Å².